The summed E-state index contributed by atoms with van der Waals surface area (Å²) in [5.74, 6) is 3.33. The normalized spacial score (nSPS) is 11.9. The highest BCUT2D eigenvalue weighted by Gasteiger charge is 2.29. The molecule has 236 valence electrons. The highest BCUT2D eigenvalue weighted by molar-refractivity contribution is 6.14. The lowest BCUT2D eigenvalue weighted by molar-refractivity contribution is 0.475. The van der Waals surface area contributed by atoms with Gasteiger partial charge in [0.15, 0.2) is 0 Å². The molecule has 4 heteroatoms. The molecule has 0 bridgehead atoms. The Labute approximate surface area is 290 Å². The first-order chi connectivity index (χ1) is 24.8. The molecule has 0 saturated heterocycles. The monoisotopic (exact) mass is 642 g/mol. The molecule has 0 unspecified atom stereocenters. The van der Waals surface area contributed by atoms with Crippen molar-refractivity contribution in [3.05, 3.63) is 182 Å². The number of benzene rings is 8. The predicted molar refractivity (Wildman–Crippen MR) is 204 cm³/mol. The molecule has 0 spiro atoms. The Morgan fingerprint density at radius 1 is 0.260 bits per heavy atom. The van der Waals surface area contributed by atoms with Gasteiger partial charge in [-0.15, -0.1) is 0 Å². The second kappa shape index (κ2) is 11.4. The first-order valence-corrected chi connectivity index (χ1v) is 16.8. The minimum atomic E-state index is 0.832. The van der Waals surface area contributed by atoms with Gasteiger partial charge in [0.25, 0.3) is 0 Å². The van der Waals surface area contributed by atoms with Crippen LogP contribution in [-0.2, 0) is 0 Å². The fraction of sp³-hybridized carbons (Fsp3) is 0. The van der Waals surface area contributed by atoms with Gasteiger partial charge in [-0.2, -0.15) is 0 Å². The molecule has 0 N–H and O–H groups in total. The molecule has 10 rings (SSSR count). The van der Waals surface area contributed by atoms with Crippen LogP contribution in [0.1, 0.15) is 0 Å². The van der Waals surface area contributed by atoms with Gasteiger partial charge in [0.05, 0.1) is 0 Å². The molecule has 0 aliphatic carbocycles. The Balaban J connectivity index is 1.07. The number of hydrogen-bond acceptors (Lipinski definition) is 4. The van der Waals surface area contributed by atoms with Crippen LogP contribution < -0.4 is 19.3 Å². The van der Waals surface area contributed by atoms with Gasteiger partial charge in [-0.05, 0) is 96.1 Å². The van der Waals surface area contributed by atoms with Crippen molar-refractivity contribution in [1.82, 2.24) is 0 Å². The van der Waals surface area contributed by atoms with Crippen LogP contribution in [0.25, 0.3) is 33.0 Å². The Hall–Kier alpha value is -6.78. The van der Waals surface area contributed by atoms with Crippen LogP contribution in [0.2, 0.25) is 0 Å². The van der Waals surface area contributed by atoms with E-state index in [1.54, 1.807) is 0 Å². The van der Waals surface area contributed by atoms with Crippen LogP contribution in [0.15, 0.2) is 182 Å². The number of nitrogens with zero attached hydrogens (tertiary/aromatic N) is 2. The number of fused-ring (bicyclic) bond motifs is 4. The molecule has 8 aromatic rings. The number of ether oxygens (including phenoxy) is 2. The standard InChI is InChI=1S/C46H30N2O2/c1-5-13-31(14-6-1)47(32-15-7-2-8-16-32)35-21-23-37-39-25-26-40-38-24-22-36(48(33-17-9-3-10-18-33)34-19-11-4-12-20-34)30-44(38)50-42-28-27-41(45(39)46(40)42)49-43(37)29-35/h1-30H. The molecule has 0 saturated carbocycles. The highest BCUT2D eigenvalue weighted by Crippen LogP contribution is 2.56. The lowest BCUT2D eigenvalue weighted by Crippen LogP contribution is -2.11. The van der Waals surface area contributed by atoms with Crippen molar-refractivity contribution in [2.45, 2.75) is 0 Å². The molecule has 50 heavy (non-hydrogen) atoms. The molecule has 0 atom stereocenters. The predicted octanol–water partition coefficient (Wildman–Crippen LogP) is 13.3. The van der Waals surface area contributed by atoms with Gasteiger partial charge >= 0.3 is 0 Å². The van der Waals surface area contributed by atoms with Crippen LogP contribution in [-0.4, -0.2) is 0 Å². The maximum Gasteiger partial charge on any atom is 0.137 e. The molecule has 2 aliphatic heterocycles. The highest BCUT2D eigenvalue weighted by atomic mass is 16.5. The molecule has 4 nitrogen and oxygen atoms in total. The zero-order valence-electron chi connectivity index (χ0n) is 27.0. The first-order valence-electron chi connectivity index (χ1n) is 16.8. The Kier molecular flexibility index (Phi) is 6.46. The summed E-state index contributed by atoms with van der Waals surface area (Å²) in [6.45, 7) is 0. The van der Waals surface area contributed by atoms with Crippen molar-refractivity contribution in [2.24, 2.45) is 0 Å². The largest absolute Gasteiger partial charge is 0.456 e. The van der Waals surface area contributed by atoms with Crippen molar-refractivity contribution in [3.8, 4) is 45.3 Å². The molecule has 2 heterocycles. The molecular weight excluding hydrogens is 613 g/mol. The second-order valence-electron chi connectivity index (χ2n) is 12.6. The quantitative estimate of drug-likeness (QED) is 0.180. The zero-order valence-corrected chi connectivity index (χ0v) is 27.0. The van der Waals surface area contributed by atoms with E-state index in [4.69, 9.17) is 9.47 Å². The Bertz CT molecular complexity index is 2280. The molecule has 0 amide bonds. The van der Waals surface area contributed by atoms with Crippen LogP contribution >= 0.6 is 0 Å². The summed E-state index contributed by atoms with van der Waals surface area (Å²) in [4.78, 5) is 4.52. The average molecular weight is 643 g/mol. The topological polar surface area (TPSA) is 24.9 Å². The average Bonchev–Trinajstić information content (AvgIpc) is 3.18. The summed E-state index contributed by atoms with van der Waals surface area (Å²) in [7, 11) is 0. The number of anilines is 6. The van der Waals surface area contributed by atoms with Crippen molar-refractivity contribution in [2.75, 3.05) is 9.80 Å². The van der Waals surface area contributed by atoms with Gasteiger partial charge < -0.3 is 19.3 Å². The maximum absolute atomic E-state index is 6.74. The van der Waals surface area contributed by atoms with E-state index < -0.39 is 0 Å². The van der Waals surface area contributed by atoms with Gasteiger partial charge in [0, 0.05) is 68.2 Å². The van der Waals surface area contributed by atoms with E-state index in [9.17, 15) is 0 Å². The van der Waals surface area contributed by atoms with Crippen molar-refractivity contribution in [1.29, 1.82) is 0 Å². The minimum absolute atomic E-state index is 0.832. The molecule has 0 aromatic heterocycles. The third kappa shape index (κ3) is 4.54. The summed E-state index contributed by atoms with van der Waals surface area (Å²) in [5.41, 5.74) is 10.8. The van der Waals surface area contributed by atoms with E-state index in [-0.39, 0.29) is 0 Å². The van der Waals surface area contributed by atoms with E-state index in [1.807, 2.05) is 36.4 Å². The molecule has 0 radical (unpaired) electrons. The summed E-state index contributed by atoms with van der Waals surface area (Å²) >= 11 is 0. The van der Waals surface area contributed by atoms with Gasteiger partial charge in [0.1, 0.15) is 23.0 Å². The Morgan fingerprint density at radius 2 is 0.580 bits per heavy atom. The Morgan fingerprint density at radius 3 is 0.920 bits per heavy atom. The van der Waals surface area contributed by atoms with Gasteiger partial charge in [-0.3, -0.25) is 0 Å². The fourth-order valence-electron chi connectivity index (χ4n) is 7.41. The smallest absolute Gasteiger partial charge is 0.137 e. The van der Waals surface area contributed by atoms with Crippen LogP contribution in [0.5, 0.6) is 23.0 Å². The third-order valence-corrected chi connectivity index (χ3v) is 9.61. The van der Waals surface area contributed by atoms with Crippen molar-refractivity contribution in [3.63, 3.8) is 0 Å². The van der Waals surface area contributed by atoms with Crippen molar-refractivity contribution < 1.29 is 9.47 Å². The summed E-state index contributed by atoms with van der Waals surface area (Å²) in [6.07, 6.45) is 0. The van der Waals surface area contributed by atoms with Crippen LogP contribution in [0.3, 0.4) is 0 Å². The summed E-state index contributed by atoms with van der Waals surface area (Å²) < 4.78 is 13.5. The van der Waals surface area contributed by atoms with Crippen LogP contribution in [0.4, 0.5) is 34.1 Å². The molecule has 0 fully saturated rings. The van der Waals surface area contributed by atoms with E-state index in [0.717, 1.165) is 90.1 Å². The van der Waals surface area contributed by atoms with Gasteiger partial charge in [-0.1, -0.05) is 84.9 Å². The second-order valence-corrected chi connectivity index (χ2v) is 12.6. The molecule has 8 aromatic carbocycles. The first kappa shape index (κ1) is 28.3. The summed E-state index contributed by atoms with van der Waals surface area (Å²) in [5, 5.41) is 2.15. The minimum Gasteiger partial charge on any atom is -0.456 e. The van der Waals surface area contributed by atoms with E-state index in [2.05, 4.69) is 155 Å². The number of rotatable bonds is 6. The zero-order chi connectivity index (χ0) is 33.0. The fourth-order valence-corrected chi connectivity index (χ4v) is 7.41. The van der Waals surface area contributed by atoms with Crippen molar-refractivity contribution >= 4 is 44.9 Å². The lowest BCUT2D eigenvalue weighted by Gasteiger charge is -2.30. The molecular formula is C46H30N2O2. The van der Waals surface area contributed by atoms with E-state index in [0.29, 0.717) is 0 Å². The van der Waals surface area contributed by atoms with E-state index in [1.165, 1.54) is 0 Å². The summed E-state index contributed by atoms with van der Waals surface area (Å²) in [6, 6.07) is 63.4. The SMILES string of the molecule is c1ccc(N(c2ccccc2)c2ccc3c(c2)Oc2ccc4c5c(ccc-3c25)-c2ccc(N(c3ccccc3)c3ccccc3)cc2O4)cc1. The number of para-hydroxylation sites is 4. The van der Waals surface area contributed by atoms with Gasteiger partial charge in [0.2, 0.25) is 0 Å². The van der Waals surface area contributed by atoms with Gasteiger partial charge in [-0.25, -0.2) is 0 Å². The third-order valence-electron chi connectivity index (χ3n) is 9.61. The lowest BCUT2D eigenvalue weighted by atomic mass is 9.88. The number of hydrogen-bond donors (Lipinski definition) is 0. The van der Waals surface area contributed by atoms with Crippen LogP contribution in [0, 0.1) is 0 Å². The van der Waals surface area contributed by atoms with E-state index >= 15 is 0 Å². The molecule has 2 aliphatic rings. The maximum atomic E-state index is 6.74.